The van der Waals surface area contributed by atoms with Gasteiger partial charge in [0.25, 0.3) is 0 Å². The number of nitro groups is 1. The number of benzene rings is 1. The van der Waals surface area contributed by atoms with E-state index in [2.05, 4.69) is 4.72 Å². The van der Waals surface area contributed by atoms with Gasteiger partial charge in [-0.1, -0.05) is 13.3 Å². The van der Waals surface area contributed by atoms with Gasteiger partial charge in [-0.2, -0.15) is 4.39 Å². The van der Waals surface area contributed by atoms with Crippen molar-refractivity contribution in [2.75, 3.05) is 6.54 Å². The van der Waals surface area contributed by atoms with E-state index in [1.165, 1.54) is 0 Å². The number of hydrogen-bond donors (Lipinski definition) is 1. The van der Waals surface area contributed by atoms with E-state index in [1.807, 2.05) is 6.92 Å². The first-order chi connectivity index (χ1) is 9.80. The fourth-order valence-electron chi connectivity index (χ4n) is 2.47. The van der Waals surface area contributed by atoms with Crippen molar-refractivity contribution in [3.8, 4) is 0 Å². The highest BCUT2D eigenvalue weighted by Crippen LogP contribution is 2.43. The molecule has 116 valence electrons. The molecule has 1 aliphatic rings. The van der Waals surface area contributed by atoms with Crippen molar-refractivity contribution < 1.29 is 17.7 Å². The molecule has 0 amide bonds. The van der Waals surface area contributed by atoms with Crippen LogP contribution in [0.2, 0.25) is 0 Å². The third kappa shape index (κ3) is 3.21. The van der Waals surface area contributed by atoms with Crippen LogP contribution in [0.25, 0.3) is 0 Å². The van der Waals surface area contributed by atoms with Crippen molar-refractivity contribution in [2.24, 2.45) is 5.41 Å². The summed E-state index contributed by atoms with van der Waals surface area (Å²) in [5.74, 6) is -1.16. The molecular weight excluding hydrogens is 299 g/mol. The second-order valence-electron chi connectivity index (χ2n) is 5.40. The molecule has 21 heavy (non-hydrogen) atoms. The predicted molar refractivity (Wildman–Crippen MR) is 74.8 cm³/mol. The van der Waals surface area contributed by atoms with Crippen LogP contribution in [0, 0.1) is 21.3 Å². The number of hydrogen-bond acceptors (Lipinski definition) is 4. The summed E-state index contributed by atoms with van der Waals surface area (Å²) in [6.07, 6.45) is 3.91. The molecule has 0 bridgehead atoms. The van der Waals surface area contributed by atoms with Gasteiger partial charge >= 0.3 is 5.69 Å². The lowest BCUT2D eigenvalue weighted by Gasteiger charge is -2.41. The van der Waals surface area contributed by atoms with Gasteiger partial charge in [-0.05, 0) is 30.7 Å². The van der Waals surface area contributed by atoms with Gasteiger partial charge in [0.2, 0.25) is 15.8 Å². The lowest BCUT2D eigenvalue weighted by molar-refractivity contribution is -0.387. The molecule has 0 aromatic heterocycles. The Morgan fingerprint density at radius 2 is 2.10 bits per heavy atom. The van der Waals surface area contributed by atoms with Crippen LogP contribution in [0.15, 0.2) is 23.1 Å². The second kappa shape index (κ2) is 5.69. The lowest BCUT2D eigenvalue weighted by Crippen LogP contribution is -2.41. The van der Waals surface area contributed by atoms with E-state index in [9.17, 15) is 22.9 Å². The average molecular weight is 316 g/mol. The number of sulfonamides is 1. The molecule has 0 atom stereocenters. The van der Waals surface area contributed by atoms with Crippen LogP contribution in [-0.4, -0.2) is 19.9 Å². The summed E-state index contributed by atoms with van der Waals surface area (Å²) >= 11 is 0. The maximum absolute atomic E-state index is 13.5. The molecular formula is C13H17FN2O4S. The summed E-state index contributed by atoms with van der Waals surface area (Å²) in [7, 11) is -3.86. The molecule has 2 rings (SSSR count). The Labute approximate surface area is 122 Å². The molecule has 1 N–H and O–H groups in total. The minimum atomic E-state index is -3.86. The molecule has 8 heteroatoms. The third-order valence-corrected chi connectivity index (χ3v) is 5.63. The van der Waals surface area contributed by atoms with Gasteiger partial charge in [0.1, 0.15) is 0 Å². The smallest absolute Gasteiger partial charge is 0.258 e. The summed E-state index contributed by atoms with van der Waals surface area (Å²) in [5.41, 5.74) is -0.746. The molecule has 0 radical (unpaired) electrons. The van der Waals surface area contributed by atoms with Crippen LogP contribution in [0.5, 0.6) is 0 Å². The highest BCUT2D eigenvalue weighted by Gasteiger charge is 2.36. The number of nitrogens with zero attached hydrogens (tertiary/aromatic N) is 1. The summed E-state index contributed by atoms with van der Waals surface area (Å²) in [6, 6.07) is 2.59. The van der Waals surface area contributed by atoms with Crippen molar-refractivity contribution in [1.29, 1.82) is 0 Å². The quantitative estimate of drug-likeness (QED) is 0.645. The van der Waals surface area contributed by atoms with E-state index in [0.29, 0.717) is 12.6 Å². The Bertz CT molecular complexity index is 651. The topological polar surface area (TPSA) is 89.3 Å². The van der Waals surface area contributed by atoms with E-state index in [4.69, 9.17) is 0 Å². The highest BCUT2D eigenvalue weighted by atomic mass is 32.2. The second-order valence-corrected chi connectivity index (χ2v) is 7.17. The van der Waals surface area contributed by atoms with Gasteiger partial charge in [-0.25, -0.2) is 13.1 Å². The Kier molecular flexibility index (Phi) is 4.29. The molecule has 1 aromatic carbocycles. The van der Waals surface area contributed by atoms with Crippen LogP contribution >= 0.6 is 0 Å². The van der Waals surface area contributed by atoms with Gasteiger partial charge in [0, 0.05) is 18.7 Å². The molecule has 6 nitrogen and oxygen atoms in total. The normalized spacial score (nSPS) is 17.2. The number of nitrogens with one attached hydrogen (secondary N) is 1. The zero-order valence-electron chi connectivity index (χ0n) is 11.6. The SMILES string of the molecule is CCC1(CNS(=O)(=O)c2ccc([N+](=O)[O-])c(F)c2)CCC1. The van der Waals surface area contributed by atoms with Gasteiger partial charge in [0.05, 0.1) is 9.82 Å². The Morgan fingerprint density at radius 1 is 1.43 bits per heavy atom. The minimum Gasteiger partial charge on any atom is -0.258 e. The maximum Gasteiger partial charge on any atom is 0.304 e. The molecule has 1 aliphatic carbocycles. The van der Waals surface area contributed by atoms with Crippen molar-refractivity contribution in [2.45, 2.75) is 37.5 Å². The number of rotatable bonds is 6. The monoisotopic (exact) mass is 316 g/mol. The number of nitro benzene ring substituents is 1. The first kappa shape index (κ1) is 15.8. The minimum absolute atomic E-state index is 0.00755. The van der Waals surface area contributed by atoms with Crippen molar-refractivity contribution in [3.05, 3.63) is 34.1 Å². The van der Waals surface area contributed by atoms with E-state index in [-0.39, 0.29) is 10.3 Å². The standard InChI is InChI=1S/C13H17FN2O4S/c1-2-13(6-3-7-13)9-15-21(19,20)10-4-5-12(16(17)18)11(14)8-10/h4-5,8,15H,2-3,6-7,9H2,1H3. The largest absolute Gasteiger partial charge is 0.304 e. The first-order valence-corrected chi connectivity index (χ1v) is 8.22. The van der Waals surface area contributed by atoms with E-state index >= 15 is 0 Å². The van der Waals surface area contributed by atoms with E-state index < -0.39 is 26.5 Å². The van der Waals surface area contributed by atoms with Gasteiger partial charge < -0.3 is 0 Å². The van der Waals surface area contributed by atoms with Crippen LogP contribution in [0.4, 0.5) is 10.1 Å². The van der Waals surface area contributed by atoms with Crippen LogP contribution < -0.4 is 4.72 Å². The van der Waals surface area contributed by atoms with Crippen LogP contribution in [0.3, 0.4) is 0 Å². The summed E-state index contributed by atoms with van der Waals surface area (Å²) in [4.78, 5) is 9.34. The Morgan fingerprint density at radius 3 is 2.52 bits per heavy atom. The molecule has 0 heterocycles. The molecule has 1 fully saturated rings. The zero-order valence-corrected chi connectivity index (χ0v) is 12.5. The average Bonchev–Trinajstić information content (AvgIpc) is 2.37. The fraction of sp³-hybridized carbons (Fsp3) is 0.538. The van der Waals surface area contributed by atoms with Crippen molar-refractivity contribution >= 4 is 15.7 Å². The Balaban J connectivity index is 2.16. The molecule has 0 saturated heterocycles. The van der Waals surface area contributed by atoms with Crippen molar-refractivity contribution in [1.82, 2.24) is 4.72 Å². The zero-order chi connectivity index (χ0) is 15.7. The number of halogens is 1. The van der Waals surface area contributed by atoms with Crippen molar-refractivity contribution in [3.63, 3.8) is 0 Å². The lowest BCUT2D eigenvalue weighted by atomic mass is 9.67. The molecule has 0 spiro atoms. The van der Waals surface area contributed by atoms with E-state index in [1.54, 1.807) is 0 Å². The van der Waals surface area contributed by atoms with Crippen LogP contribution in [-0.2, 0) is 10.0 Å². The fourth-order valence-corrected chi connectivity index (χ4v) is 3.64. The maximum atomic E-state index is 13.5. The van der Waals surface area contributed by atoms with Crippen LogP contribution in [0.1, 0.15) is 32.6 Å². The summed E-state index contributed by atoms with van der Waals surface area (Å²) in [5, 5.41) is 10.5. The molecule has 1 saturated carbocycles. The van der Waals surface area contributed by atoms with Gasteiger partial charge in [-0.3, -0.25) is 10.1 Å². The molecule has 1 aromatic rings. The van der Waals surface area contributed by atoms with Gasteiger partial charge in [0.15, 0.2) is 0 Å². The van der Waals surface area contributed by atoms with Gasteiger partial charge in [-0.15, -0.1) is 0 Å². The Hall–Kier alpha value is -1.54. The summed E-state index contributed by atoms with van der Waals surface area (Å²) in [6.45, 7) is 2.32. The summed E-state index contributed by atoms with van der Waals surface area (Å²) < 4.78 is 40.2. The third-order valence-electron chi connectivity index (χ3n) is 4.23. The molecule has 0 aliphatic heterocycles. The first-order valence-electron chi connectivity index (χ1n) is 6.73. The van der Waals surface area contributed by atoms with E-state index in [0.717, 1.165) is 37.8 Å². The predicted octanol–water partition coefficient (Wildman–Crippen LogP) is 2.59. The highest BCUT2D eigenvalue weighted by molar-refractivity contribution is 7.89. The molecule has 0 unspecified atom stereocenters.